The van der Waals surface area contributed by atoms with Crippen LogP contribution in [0, 0.1) is 13.8 Å². The van der Waals surface area contributed by atoms with Gasteiger partial charge in [0.25, 0.3) is 5.91 Å². The van der Waals surface area contributed by atoms with Crippen molar-refractivity contribution in [1.29, 1.82) is 0 Å². The summed E-state index contributed by atoms with van der Waals surface area (Å²) in [6, 6.07) is 1.69. The van der Waals surface area contributed by atoms with Crippen molar-refractivity contribution >= 4 is 17.8 Å². The third kappa shape index (κ3) is 3.15. The van der Waals surface area contributed by atoms with Crippen LogP contribution in [0.25, 0.3) is 0 Å². The van der Waals surface area contributed by atoms with Gasteiger partial charge < -0.3 is 4.90 Å². The van der Waals surface area contributed by atoms with Crippen LogP contribution in [-0.2, 0) is 0 Å². The van der Waals surface area contributed by atoms with E-state index in [0.29, 0.717) is 17.5 Å². The lowest BCUT2D eigenvalue weighted by atomic mass is 10.0. The number of amides is 1. The van der Waals surface area contributed by atoms with Crippen LogP contribution in [0.4, 0.5) is 18.9 Å². The molecule has 0 spiro atoms. The van der Waals surface area contributed by atoms with Crippen molar-refractivity contribution in [1.82, 2.24) is 4.90 Å². The highest BCUT2D eigenvalue weighted by atomic mass is 19.4. The van der Waals surface area contributed by atoms with E-state index in [-0.39, 0.29) is 13.0 Å². The number of nitrogens with zero attached hydrogens (tertiary/aromatic N) is 2. The molecule has 6 heteroatoms. The summed E-state index contributed by atoms with van der Waals surface area (Å²) in [5.41, 5.74) is 2.47. The molecule has 1 atom stereocenters. The van der Waals surface area contributed by atoms with Crippen molar-refractivity contribution in [3.8, 4) is 0 Å². The normalized spacial score (nSPS) is 19.2. The molecule has 120 valence electrons. The lowest BCUT2D eigenvalue weighted by molar-refractivity contribution is -0.169. The van der Waals surface area contributed by atoms with Crippen LogP contribution in [0.2, 0.25) is 0 Å². The van der Waals surface area contributed by atoms with Gasteiger partial charge in [0.05, 0.1) is 5.69 Å². The molecule has 0 N–H and O–H groups in total. The highest BCUT2D eigenvalue weighted by Gasteiger charge is 2.47. The monoisotopic (exact) mass is 312 g/mol. The van der Waals surface area contributed by atoms with Crippen molar-refractivity contribution < 1.29 is 18.0 Å². The molecule has 3 nitrogen and oxygen atoms in total. The van der Waals surface area contributed by atoms with Crippen molar-refractivity contribution in [2.45, 2.75) is 45.8 Å². The number of hydrogen-bond acceptors (Lipinski definition) is 2. The van der Waals surface area contributed by atoms with E-state index in [4.69, 9.17) is 0 Å². The summed E-state index contributed by atoms with van der Waals surface area (Å²) in [7, 11) is 0. The molecule has 0 unspecified atom stereocenters. The van der Waals surface area contributed by atoms with E-state index in [9.17, 15) is 18.0 Å². The quantitative estimate of drug-likeness (QED) is 0.754. The second-order valence-corrected chi connectivity index (χ2v) is 5.54. The minimum Gasteiger partial charge on any atom is -0.327 e. The fourth-order valence-corrected chi connectivity index (χ4v) is 2.81. The number of aliphatic imine (C=N–C) groups is 1. The van der Waals surface area contributed by atoms with Gasteiger partial charge in [-0.3, -0.25) is 9.79 Å². The van der Waals surface area contributed by atoms with Gasteiger partial charge in [-0.05, 0) is 56.9 Å². The molecule has 0 aliphatic carbocycles. The first-order chi connectivity index (χ1) is 10.3. The first-order valence-corrected chi connectivity index (χ1v) is 7.23. The summed E-state index contributed by atoms with van der Waals surface area (Å²) in [4.78, 5) is 17.7. The SMILES string of the molecule is CC=Nc1cc(C)c(C(=O)N2CCC[C@@H]2C(F)(F)F)cc1C. The number of likely N-dealkylation sites (tertiary alicyclic amines) is 1. The summed E-state index contributed by atoms with van der Waals surface area (Å²) < 4.78 is 39.1. The van der Waals surface area contributed by atoms with Gasteiger partial charge in [-0.2, -0.15) is 13.2 Å². The smallest absolute Gasteiger partial charge is 0.327 e. The third-order valence-electron chi connectivity index (χ3n) is 3.93. The maximum atomic E-state index is 13.0. The Morgan fingerprint density at radius 3 is 2.59 bits per heavy atom. The van der Waals surface area contributed by atoms with Gasteiger partial charge in [0.1, 0.15) is 6.04 Å². The summed E-state index contributed by atoms with van der Waals surface area (Å²) in [5.74, 6) is -0.549. The predicted molar refractivity (Wildman–Crippen MR) is 79.9 cm³/mol. The van der Waals surface area contributed by atoms with Gasteiger partial charge in [0.15, 0.2) is 0 Å². The van der Waals surface area contributed by atoms with Crippen molar-refractivity contribution in [2.75, 3.05) is 6.54 Å². The molecule has 1 aliphatic heterocycles. The molecular formula is C16H19F3N2O. The van der Waals surface area contributed by atoms with Crippen LogP contribution in [-0.4, -0.2) is 35.8 Å². The average Bonchev–Trinajstić information content (AvgIpc) is 2.91. The highest BCUT2D eigenvalue weighted by Crippen LogP contribution is 2.34. The van der Waals surface area contributed by atoms with Gasteiger partial charge in [-0.15, -0.1) is 0 Å². The number of alkyl halides is 3. The lowest BCUT2D eigenvalue weighted by Crippen LogP contribution is -2.44. The van der Waals surface area contributed by atoms with Crippen LogP contribution >= 0.6 is 0 Å². The zero-order chi connectivity index (χ0) is 16.5. The molecule has 1 amide bonds. The van der Waals surface area contributed by atoms with Gasteiger partial charge in [-0.1, -0.05) is 0 Å². The second kappa shape index (κ2) is 6.10. The summed E-state index contributed by atoms with van der Waals surface area (Å²) in [5, 5.41) is 0. The molecule has 0 bridgehead atoms. The molecule has 0 radical (unpaired) electrons. The van der Waals surface area contributed by atoms with Crippen LogP contribution in [0.1, 0.15) is 41.3 Å². The standard InChI is InChI=1S/C16H19F3N2O/c1-4-20-13-9-10(2)12(8-11(13)3)15(22)21-7-5-6-14(21)16(17,18)19/h4,8-9,14H,5-7H2,1-3H3/t14-/m1/s1. The van der Waals surface area contributed by atoms with Gasteiger partial charge in [0.2, 0.25) is 0 Å². The Bertz CT molecular complexity index is 608. The van der Waals surface area contributed by atoms with Crippen molar-refractivity contribution in [3.05, 3.63) is 28.8 Å². The third-order valence-corrected chi connectivity index (χ3v) is 3.93. The van der Waals surface area contributed by atoms with Crippen molar-refractivity contribution in [3.63, 3.8) is 0 Å². The number of hydrogen-bond donors (Lipinski definition) is 0. The van der Waals surface area contributed by atoms with E-state index in [1.165, 1.54) is 0 Å². The topological polar surface area (TPSA) is 32.7 Å². The summed E-state index contributed by atoms with van der Waals surface area (Å²) >= 11 is 0. The number of halogens is 3. The highest BCUT2D eigenvalue weighted by molar-refractivity contribution is 5.97. The second-order valence-electron chi connectivity index (χ2n) is 5.54. The zero-order valence-electron chi connectivity index (χ0n) is 12.9. The molecule has 2 rings (SSSR count). The van der Waals surface area contributed by atoms with E-state index in [0.717, 1.165) is 16.2 Å². The van der Waals surface area contributed by atoms with Crippen LogP contribution in [0.15, 0.2) is 17.1 Å². The number of benzene rings is 1. The Hall–Kier alpha value is -1.85. The maximum Gasteiger partial charge on any atom is 0.408 e. The first-order valence-electron chi connectivity index (χ1n) is 7.23. The van der Waals surface area contributed by atoms with Gasteiger partial charge >= 0.3 is 6.18 Å². The first kappa shape index (κ1) is 16.5. The molecule has 0 saturated carbocycles. The number of aryl methyl sites for hydroxylation is 2. The van der Waals surface area contributed by atoms with E-state index in [1.54, 1.807) is 39.1 Å². The molecule has 1 fully saturated rings. The minimum atomic E-state index is -4.37. The van der Waals surface area contributed by atoms with Crippen molar-refractivity contribution in [2.24, 2.45) is 4.99 Å². The maximum absolute atomic E-state index is 13.0. The molecule has 1 aliphatic rings. The van der Waals surface area contributed by atoms with Crippen LogP contribution in [0.5, 0.6) is 0 Å². The van der Waals surface area contributed by atoms with E-state index in [2.05, 4.69) is 4.99 Å². The van der Waals surface area contributed by atoms with Crippen LogP contribution in [0.3, 0.4) is 0 Å². The molecular weight excluding hydrogens is 293 g/mol. The minimum absolute atomic E-state index is 0.0223. The Morgan fingerprint density at radius 1 is 1.32 bits per heavy atom. The Balaban J connectivity index is 2.36. The Kier molecular flexibility index (Phi) is 4.58. The molecule has 1 aromatic carbocycles. The van der Waals surface area contributed by atoms with E-state index < -0.39 is 18.1 Å². The fourth-order valence-electron chi connectivity index (χ4n) is 2.81. The number of carbonyl (C=O) groups excluding carboxylic acids is 1. The molecule has 22 heavy (non-hydrogen) atoms. The fraction of sp³-hybridized carbons (Fsp3) is 0.500. The van der Waals surface area contributed by atoms with Gasteiger partial charge in [-0.25, -0.2) is 0 Å². The predicted octanol–water partition coefficient (Wildman–Crippen LogP) is 4.19. The van der Waals surface area contributed by atoms with Gasteiger partial charge in [0, 0.05) is 18.3 Å². The molecule has 1 saturated heterocycles. The number of rotatable bonds is 2. The summed E-state index contributed by atoms with van der Waals surface area (Å²) in [6.45, 7) is 5.45. The average molecular weight is 312 g/mol. The Labute approximate surface area is 127 Å². The molecule has 0 aromatic heterocycles. The molecule has 1 aromatic rings. The van der Waals surface area contributed by atoms with Crippen LogP contribution < -0.4 is 0 Å². The lowest BCUT2D eigenvalue weighted by Gasteiger charge is -2.27. The number of carbonyl (C=O) groups is 1. The van der Waals surface area contributed by atoms with E-state index in [1.807, 2.05) is 0 Å². The largest absolute Gasteiger partial charge is 0.408 e. The zero-order valence-corrected chi connectivity index (χ0v) is 12.9. The Morgan fingerprint density at radius 2 is 2.00 bits per heavy atom. The summed E-state index contributed by atoms with van der Waals surface area (Å²) in [6.07, 6.45) is -2.37. The van der Waals surface area contributed by atoms with E-state index >= 15 is 0 Å². The molecule has 1 heterocycles.